The lowest BCUT2D eigenvalue weighted by Gasteiger charge is -2.07. The average molecular weight is 651 g/mol. The van der Waals surface area contributed by atoms with E-state index in [2.05, 4.69) is 73.6 Å². The maximum absolute atomic E-state index is 4.52. The van der Waals surface area contributed by atoms with E-state index in [0.29, 0.717) is 0 Å². The third kappa shape index (κ3) is 7.08. The predicted molar refractivity (Wildman–Crippen MR) is 191 cm³/mol. The van der Waals surface area contributed by atoms with Crippen LogP contribution in [0.25, 0.3) is 22.1 Å². The topological polar surface area (TPSA) is 91.1 Å². The summed E-state index contributed by atoms with van der Waals surface area (Å²) in [4.78, 5) is 0. The molecule has 10 nitrogen and oxygen atoms in total. The average Bonchev–Trinajstić information content (AvgIpc) is 3.48. The summed E-state index contributed by atoms with van der Waals surface area (Å²) < 4.78 is 8.22. The number of benzene rings is 4. The highest BCUT2D eigenvalue weighted by molar-refractivity contribution is 8.76. The van der Waals surface area contributed by atoms with Crippen LogP contribution in [0.1, 0.15) is 0 Å². The van der Waals surface area contributed by atoms with Crippen molar-refractivity contribution in [1.29, 1.82) is 0 Å². The van der Waals surface area contributed by atoms with Crippen LogP contribution in [-0.4, -0.2) is 33.7 Å². The molecule has 0 aliphatic rings. The Morgan fingerprint density at radius 1 is 0.543 bits per heavy atom. The SMILES string of the molecule is Cn1c(/N=N/c2ccc(NCCSSCCNc3ccc(/N=N/c4n(C)c5ccccc5[n+]4C)cc3)cc2)[n+](C)c2ccccc21. The maximum atomic E-state index is 4.52. The van der Waals surface area contributed by atoms with Crippen LogP contribution in [-0.2, 0) is 28.2 Å². The second kappa shape index (κ2) is 14.6. The first-order valence-corrected chi connectivity index (χ1v) is 17.6. The van der Waals surface area contributed by atoms with Crippen molar-refractivity contribution in [3.8, 4) is 0 Å². The van der Waals surface area contributed by atoms with E-state index in [1.54, 1.807) is 0 Å². The van der Waals surface area contributed by atoms with Gasteiger partial charge in [0.15, 0.2) is 0 Å². The van der Waals surface area contributed by atoms with Crippen molar-refractivity contribution in [2.45, 2.75) is 0 Å². The van der Waals surface area contributed by atoms with Crippen LogP contribution in [0, 0.1) is 0 Å². The van der Waals surface area contributed by atoms with Gasteiger partial charge in [0.05, 0.1) is 28.2 Å². The number of fused-ring (bicyclic) bond motifs is 2. The Hall–Kier alpha value is -4.68. The van der Waals surface area contributed by atoms with Gasteiger partial charge in [-0.25, -0.2) is 18.3 Å². The zero-order valence-electron chi connectivity index (χ0n) is 26.5. The van der Waals surface area contributed by atoms with Gasteiger partial charge in [0, 0.05) is 46.2 Å². The molecule has 0 saturated carbocycles. The summed E-state index contributed by atoms with van der Waals surface area (Å²) in [5.41, 5.74) is 8.31. The highest BCUT2D eigenvalue weighted by Crippen LogP contribution is 2.25. The summed E-state index contributed by atoms with van der Waals surface area (Å²) in [5, 5.41) is 24.9. The Bertz CT molecular complexity index is 1770. The second-order valence-electron chi connectivity index (χ2n) is 10.8. The number of nitrogens with zero attached hydrogens (tertiary/aromatic N) is 8. The molecule has 0 amide bonds. The van der Waals surface area contributed by atoms with Gasteiger partial charge >= 0.3 is 11.9 Å². The first-order chi connectivity index (χ1) is 22.5. The van der Waals surface area contributed by atoms with Gasteiger partial charge in [-0.15, -0.1) is 0 Å². The smallest absolute Gasteiger partial charge is 0.384 e. The van der Waals surface area contributed by atoms with Gasteiger partial charge in [0.25, 0.3) is 0 Å². The molecule has 234 valence electrons. The van der Waals surface area contributed by atoms with Crippen LogP contribution in [0.4, 0.5) is 34.6 Å². The summed E-state index contributed by atoms with van der Waals surface area (Å²) in [6.07, 6.45) is 0. The summed E-state index contributed by atoms with van der Waals surface area (Å²) in [6.45, 7) is 1.79. The van der Waals surface area contributed by atoms with Gasteiger partial charge in [0.1, 0.15) is 33.4 Å². The fraction of sp³-hybridized carbons (Fsp3) is 0.235. The van der Waals surface area contributed by atoms with Crippen molar-refractivity contribution < 1.29 is 9.13 Å². The molecule has 2 N–H and O–H groups in total. The number of hydrogen-bond acceptors (Lipinski definition) is 8. The predicted octanol–water partition coefficient (Wildman–Crippen LogP) is 8.06. The first kappa shape index (κ1) is 31.3. The molecule has 0 spiro atoms. The Balaban J connectivity index is 0.876. The molecule has 4 aromatic carbocycles. The van der Waals surface area contributed by atoms with E-state index in [1.807, 2.05) is 123 Å². The molecule has 12 heteroatoms. The molecule has 0 aliphatic heterocycles. The van der Waals surface area contributed by atoms with E-state index in [9.17, 15) is 0 Å². The molecule has 0 fully saturated rings. The lowest BCUT2D eigenvalue weighted by molar-refractivity contribution is -0.632. The lowest BCUT2D eigenvalue weighted by Crippen LogP contribution is -2.26. The molecule has 0 unspecified atom stereocenters. The number of azo groups is 2. The minimum Gasteiger partial charge on any atom is -0.384 e. The minimum atomic E-state index is 0.802. The van der Waals surface area contributed by atoms with Gasteiger partial charge in [-0.1, -0.05) is 56.1 Å². The summed E-state index contributed by atoms with van der Waals surface area (Å²) in [6, 6.07) is 32.7. The number of anilines is 2. The van der Waals surface area contributed by atoms with Gasteiger partial charge < -0.3 is 10.6 Å². The van der Waals surface area contributed by atoms with Crippen molar-refractivity contribution in [3.05, 3.63) is 97.1 Å². The van der Waals surface area contributed by atoms with E-state index in [1.165, 1.54) is 0 Å². The van der Waals surface area contributed by atoms with Gasteiger partial charge in [-0.3, -0.25) is 0 Å². The van der Waals surface area contributed by atoms with Crippen LogP contribution < -0.4 is 19.8 Å². The molecule has 2 aromatic heterocycles. The van der Waals surface area contributed by atoms with Crippen molar-refractivity contribution in [2.75, 3.05) is 35.2 Å². The number of hydrogen-bond donors (Lipinski definition) is 2. The lowest BCUT2D eigenvalue weighted by atomic mass is 10.3. The van der Waals surface area contributed by atoms with Gasteiger partial charge in [0.2, 0.25) is 0 Å². The molecule has 0 radical (unpaired) electrons. The number of para-hydroxylation sites is 4. The van der Waals surface area contributed by atoms with Crippen molar-refractivity contribution in [3.63, 3.8) is 0 Å². The van der Waals surface area contributed by atoms with Crippen LogP contribution in [0.2, 0.25) is 0 Å². The van der Waals surface area contributed by atoms with Crippen molar-refractivity contribution >= 4 is 78.3 Å². The van der Waals surface area contributed by atoms with E-state index < -0.39 is 0 Å². The van der Waals surface area contributed by atoms with Crippen LogP contribution >= 0.6 is 21.6 Å². The van der Waals surface area contributed by atoms with E-state index in [-0.39, 0.29) is 0 Å². The highest BCUT2D eigenvalue weighted by Gasteiger charge is 2.20. The highest BCUT2D eigenvalue weighted by atomic mass is 33.1. The van der Waals surface area contributed by atoms with E-state index >= 15 is 0 Å². The van der Waals surface area contributed by atoms with E-state index in [4.69, 9.17) is 0 Å². The summed E-state index contributed by atoms with van der Waals surface area (Å²) in [5.74, 6) is 3.63. The molecule has 6 aromatic rings. The third-order valence-electron chi connectivity index (χ3n) is 7.77. The number of nitrogens with one attached hydrogen (secondary N) is 2. The normalized spacial score (nSPS) is 11.8. The Kier molecular flexibility index (Phi) is 9.94. The van der Waals surface area contributed by atoms with Crippen LogP contribution in [0.15, 0.2) is 118 Å². The molecular weight excluding hydrogens is 613 g/mol. The fourth-order valence-corrected chi connectivity index (χ4v) is 7.11. The molecule has 0 atom stereocenters. The molecule has 0 saturated heterocycles. The molecule has 0 aliphatic carbocycles. The maximum Gasteiger partial charge on any atom is 0.422 e. The first-order valence-electron chi connectivity index (χ1n) is 15.1. The van der Waals surface area contributed by atoms with E-state index in [0.717, 1.165) is 81.3 Å². The quantitative estimate of drug-likeness (QED) is 0.0573. The standard InChI is InChI=1S/C34H36N10S2/c1-41-29-9-5-6-10-30(29)42(2)33(41)39-37-27-17-13-25(14-18-27)35-21-23-45-46-24-22-36-26-15-19-28(20-16-26)38-40-34-43(3)31-11-7-8-12-32(31)44(34)4/h5-20H,21-24H2,1-4H3/p+2. The Morgan fingerprint density at radius 3 is 1.33 bits per heavy atom. The molecule has 6 rings (SSSR count). The third-order valence-corrected chi connectivity index (χ3v) is 10.2. The number of aryl methyl sites for hydroxylation is 4. The Labute approximate surface area is 276 Å². The second-order valence-corrected chi connectivity index (χ2v) is 13.5. The monoisotopic (exact) mass is 650 g/mol. The van der Waals surface area contributed by atoms with Gasteiger partial charge in [-0.2, -0.15) is 0 Å². The minimum absolute atomic E-state index is 0.802. The van der Waals surface area contributed by atoms with Crippen molar-refractivity contribution in [1.82, 2.24) is 9.13 Å². The number of rotatable bonds is 13. The molecule has 2 heterocycles. The zero-order valence-corrected chi connectivity index (χ0v) is 28.1. The molecular formula is C34H38N10S2+2. The molecule has 0 bridgehead atoms. The number of aromatic nitrogens is 4. The summed E-state index contributed by atoms with van der Waals surface area (Å²) in [7, 11) is 11.8. The largest absolute Gasteiger partial charge is 0.422 e. The zero-order chi connectivity index (χ0) is 31.9. The van der Waals surface area contributed by atoms with Gasteiger partial charge in [-0.05, 0) is 72.8 Å². The molecule has 46 heavy (non-hydrogen) atoms. The fourth-order valence-electron chi connectivity index (χ4n) is 5.30. The summed E-state index contributed by atoms with van der Waals surface area (Å²) >= 11 is 0. The van der Waals surface area contributed by atoms with Crippen LogP contribution in [0.3, 0.4) is 0 Å². The van der Waals surface area contributed by atoms with Crippen LogP contribution in [0.5, 0.6) is 0 Å². The number of imidazole rings is 2. The Morgan fingerprint density at radius 2 is 0.935 bits per heavy atom. The van der Waals surface area contributed by atoms with Crippen molar-refractivity contribution in [2.24, 2.45) is 48.6 Å².